The number of rotatable bonds is 5. The Hall–Kier alpha value is -1.73. The zero-order valence-corrected chi connectivity index (χ0v) is 13.7. The highest BCUT2D eigenvalue weighted by atomic mass is 32.1. The maximum Gasteiger partial charge on any atom is 0.244 e. The Labute approximate surface area is 134 Å². The van der Waals surface area contributed by atoms with Crippen LogP contribution in [0.15, 0.2) is 24.1 Å². The lowest BCUT2D eigenvalue weighted by Crippen LogP contribution is -2.45. The number of carbonyl (C=O) groups is 1. The zero-order chi connectivity index (χ0) is 15.5. The minimum absolute atomic E-state index is 0.0226. The van der Waals surface area contributed by atoms with Gasteiger partial charge in [-0.2, -0.15) is 5.10 Å². The van der Waals surface area contributed by atoms with Gasteiger partial charge < -0.3 is 5.32 Å². The number of nitrogens with zero attached hydrogens (tertiary/aromatic N) is 4. The summed E-state index contributed by atoms with van der Waals surface area (Å²) >= 11 is 1.85. The summed E-state index contributed by atoms with van der Waals surface area (Å²) in [5, 5.41) is 9.19. The van der Waals surface area contributed by atoms with Crippen molar-refractivity contribution in [1.82, 2.24) is 25.0 Å². The molecule has 2 aromatic rings. The van der Waals surface area contributed by atoms with Crippen molar-refractivity contribution in [3.63, 3.8) is 0 Å². The van der Waals surface area contributed by atoms with E-state index in [2.05, 4.69) is 38.7 Å². The van der Waals surface area contributed by atoms with Crippen LogP contribution in [0.5, 0.6) is 0 Å². The molecule has 0 aromatic carbocycles. The van der Waals surface area contributed by atoms with E-state index in [9.17, 15) is 4.79 Å². The molecule has 22 heavy (non-hydrogen) atoms. The minimum atomic E-state index is -0.334. The van der Waals surface area contributed by atoms with E-state index in [-0.39, 0.29) is 11.9 Å². The Bertz CT molecular complexity index is 624. The molecule has 1 N–H and O–H groups in total. The fourth-order valence-electron chi connectivity index (χ4n) is 2.71. The molecule has 118 valence electrons. The first-order chi connectivity index (χ1) is 10.6. The molecule has 2 aromatic heterocycles. The van der Waals surface area contributed by atoms with Crippen LogP contribution in [0, 0.1) is 0 Å². The van der Waals surface area contributed by atoms with Crippen molar-refractivity contribution in [2.45, 2.75) is 38.9 Å². The fraction of sp³-hybridized carbons (Fsp3) is 0.533. The van der Waals surface area contributed by atoms with Crippen LogP contribution in [-0.4, -0.2) is 44.7 Å². The summed E-state index contributed by atoms with van der Waals surface area (Å²) in [6, 6.07) is 2.20. The first-order valence-electron chi connectivity index (χ1n) is 7.56. The van der Waals surface area contributed by atoms with Gasteiger partial charge in [-0.1, -0.05) is 0 Å². The predicted octanol–water partition coefficient (Wildman–Crippen LogP) is 1.46. The van der Waals surface area contributed by atoms with E-state index >= 15 is 0 Å². The number of aromatic nitrogens is 3. The van der Waals surface area contributed by atoms with E-state index in [4.69, 9.17) is 0 Å². The van der Waals surface area contributed by atoms with Crippen LogP contribution in [0.3, 0.4) is 0 Å². The Balaban J connectivity index is 1.50. The van der Waals surface area contributed by atoms with Crippen LogP contribution in [-0.2, 0) is 17.8 Å². The maximum atomic E-state index is 12.2. The SMILES string of the molecule is C[C@@H](CNC(=O)[C@H](C)n1cncn1)N1CCc2sccc2C1. The first kappa shape index (κ1) is 15.2. The van der Waals surface area contributed by atoms with Crippen LogP contribution in [0.25, 0.3) is 0 Å². The Kier molecular flexibility index (Phi) is 4.54. The third kappa shape index (κ3) is 3.20. The molecule has 1 aliphatic heterocycles. The average molecular weight is 319 g/mol. The molecule has 0 saturated heterocycles. The van der Waals surface area contributed by atoms with Gasteiger partial charge in [0.1, 0.15) is 18.7 Å². The number of hydrogen-bond acceptors (Lipinski definition) is 5. The molecule has 2 atom stereocenters. The molecule has 0 aliphatic carbocycles. The van der Waals surface area contributed by atoms with Gasteiger partial charge >= 0.3 is 0 Å². The molecule has 0 fully saturated rings. The summed E-state index contributed by atoms with van der Waals surface area (Å²) in [7, 11) is 0. The Morgan fingerprint density at radius 2 is 2.36 bits per heavy atom. The van der Waals surface area contributed by atoms with Gasteiger partial charge in [0, 0.05) is 30.6 Å². The topological polar surface area (TPSA) is 63.1 Å². The van der Waals surface area contributed by atoms with Crippen molar-refractivity contribution in [2.24, 2.45) is 0 Å². The fourth-order valence-corrected chi connectivity index (χ4v) is 3.60. The molecule has 6 nitrogen and oxygen atoms in total. The summed E-state index contributed by atoms with van der Waals surface area (Å²) in [5.74, 6) is -0.0226. The third-order valence-electron chi connectivity index (χ3n) is 4.25. The monoisotopic (exact) mass is 319 g/mol. The second kappa shape index (κ2) is 6.58. The van der Waals surface area contributed by atoms with Gasteiger partial charge in [0.15, 0.2) is 0 Å². The number of thiophene rings is 1. The molecule has 0 spiro atoms. The molecule has 0 saturated carbocycles. The number of hydrogen-bond donors (Lipinski definition) is 1. The summed E-state index contributed by atoms with van der Waals surface area (Å²) in [4.78, 5) is 20.0. The minimum Gasteiger partial charge on any atom is -0.353 e. The van der Waals surface area contributed by atoms with E-state index < -0.39 is 0 Å². The van der Waals surface area contributed by atoms with Crippen LogP contribution in [0.2, 0.25) is 0 Å². The van der Waals surface area contributed by atoms with Gasteiger partial charge in [0.25, 0.3) is 0 Å². The maximum absolute atomic E-state index is 12.2. The molecular weight excluding hydrogens is 298 g/mol. The molecule has 1 amide bonds. The molecular formula is C15H21N5OS. The third-order valence-corrected chi connectivity index (χ3v) is 5.27. The lowest BCUT2D eigenvalue weighted by molar-refractivity contribution is -0.124. The van der Waals surface area contributed by atoms with E-state index in [0.717, 1.165) is 19.5 Å². The van der Waals surface area contributed by atoms with Gasteiger partial charge in [0.2, 0.25) is 5.91 Å². The summed E-state index contributed by atoms with van der Waals surface area (Å²) in [6.45, 7) is 6.68. The van der Waals surface area contributed by atoms with Crippen molar-refractivity contribution in [1.29, 1.82) is 0 Å². The number of carbonyl (C=O) groups excluding carboxylic acids is 1. The van der Waals surface area contributed by atoms with Gasteiger partial charge in [-0.25, -0.2) is 9.67 Å². The van der Waals surface area contributed by atoms with Crippen LogP contribution in [0.4, 0.5) is 0 Å². The van der Waals surface area contributed by atoms with Gasteiger partial charge in [-0.15, -0.1) is 11.3 Å². The van der Waals surface area contributed by atoms with Crippen LogP contribution >= 0.6 is 11.3 Å². The van der Waals surface area contributed by atoms with Crippen molar-refractivity contribution in [2.75, 3.05) is 13.1 Å². The van der Waals surface area contributed by atoms with Crippen LogP contribution in [0.1, 0.15) is 30.3 Å². The number of fused-ring (bicyclic) bond motifs is 1. The van der Waals surface area contributed by atoms with Crippen molar-refractivity contribution < 1.29 is 4.79 Å². The zero-order valence-electron chi connectivity index (χ0n) is 12.9. The van der Waals surface area contributed by atoms with Crippen LogP contribution < -0.4 is 5.32 Å². The number of amides is 1. The van der Waals surface area contributed by atoms with E-state index in [1.54, 1.807) is 11.0 Å². The summed E-state index contributed by atoms with van der Waals surface area (Å²) < 4.78 is 1.57. The normalized spacial score (nSPS) is 17.7. The van der Waals surface area contributed by atoms with Crippen molar-refractivity contribution in [3.8, 4) is 0 Å². The molecule has 1 aliphatic rings. The highest BCUT2D eigenvalue weighted by Gasteiger charge is 2.22. The largest absolute Gasteiger partial charge is 0.353 e. The van der Waals surface area contributed by atoms with Crippen molar-refractivity contribution in [3.05, 3.63) is 34.5 Å². The van der Waals surface area contributed by atoms with Gasteiger partial charge in [-0.05, 0) is 37.3 Å². The molecule has 7 heteroatoms. The summed E-state index contributed by atoms with van der Waals surface area (Å²) in [5.41, 5.74) is 1.44. The second-order valence-corrected chi connectivity index (χ2v) is 6.74. The predicted molar refractivity (Wildman–Crippen MR) is 85.6 cm³/mol. The lowest BCUT2D eigenvalue weighted by Gasteiger charge is -2.32. The second-order valence-electron chi connectivity index (χ2n) is 5.74. The van der Waals surface area contributed by atoms with Crippen molar-refractivity contribution >= 4 is 17.2 Å². The Morgan fingerprint density at radius 3 is 3.14 bits per heavy atom. The molecule has 3 heterocycles. The Morgan fingerprint density at radius 1 is 1.50 bits per heavy atom. The highest BCUT2D eigenvalue weighted by Crippen LogP contribution is 2.24. The molecule has 3 rings (SSSR count). The molecule has 0 radical (unpaired) electrons. The molecule has 0 unspecified atom stereocenters. The summed E-state index contributed by atoms with van der Waals surface area (Å²) in [6.07, 6.45) is 4.12. The highest BCUT2D eigenvalue weighted by molar-refractivity contribution is 7.10. The molecule has 0 bridgehead atoms. The van der Waals surface area contributed by atoms with E-state index in [1.165, 1.54) is 16.8 Å². The quantitative estimate of drug-likeness (QED) is 0.906. The van der Waals surface area contributed by atoms with E-state index in [0.29, 0.717) is 12.6 Å². The van der Waals surface area contributed by atoms with E-state index in [1.807, 2.05) is 18.3 Å². The number of nitrogens with one attached hydrogen (secondary N) is 1. The first-order valence-corrected chi connectivity index (χ1v) is 8.44. The van der Waals surface area contributed by atoms with Gasteiger partial charge in [-0.3, -0.25) is 9.69 Å². The average Bonchev–Trinajstić information content (AvgIpc) is 3.21. The van der Waals surface area contributed by atoms with Gasteiger partial charge in [0.05, 0.1) is 0 Å². The lowest BCUT2D eigenvalue weighted by atomic mass is 10.1. The standard InChI is InChI=1S/C15H21N5OS/c1-11(19-5-3-14-13(8-19)4-6-22-14)7-17-15(21)12(2)20-10-16-9-18-20/h4,6,9-12H,3,5,7-8H2,1-2H3,(H,17,21)/t11-,12-/m0/s1. The smallest absolute Gasteiger partial charge is 0.244 e.